The number of anilines is 2. The first kappa shape index (κ1) is 11.9. The molecule has 0 unspecified atom stereocenters. The molecule has 0 bridgehead atoms. The number of nitrogen functional groups attached to an aromatic ring is 1. The SMILES string of the molecule is Cc1c(N)cccc1N1CCCC1=O.Cl. The Labute approximate surface area is 95.7 Å². The molecule has 3 nitrogen and oxygen atoms in total. The minimum absolute atomic E-state index is 0. The third-order valence-corrected chi connectivity index (χ3v) is 2.71. The third kappa shape index (κ3) is 2.07. The fourth-order valence-corrected chi connectivity index (χ4v) is 1.84. The number of carbonyl (C=O) groups is 1. The van der Waals surface area contributed by atoms with Crippen molar-refractivity contribution in [1.82, 2.24) is 0 Å². The molecule has 1 saturated heterocycles. The van der Waals surface area contributed by atoms with Crippen molar-refractivity contribution in [1.29, 1.82) is 0 Å². The van der Waals surface area contributed by atoms with E-state index in [2.05, 4.69) is 0 Å². The lowest BCUT2D eigenvalue weighted by Crippen LogP contribution is -2.24. The molecule has 0 spiro atoms. The van der Waals surface area contributed by atoms with Crippen LogP contribution in [0, 0.1) is 6.92 Å². The summed E-state index contributed by atoms with van der Waals surface area (Å²) in [4.78, 5) is 13.3. The van der Waals surface area contributed by atoms with Gasteiger partial charge in [-0.1, -0.05) is 6.07 Å². The second-order valence-corrected chi connectivity index (χ2v) is 3.64. The normalized spacial score (nSPS) is 15.3. The van der Waals surface area contributed by atoms with Crippen LogP contribution in [0.4, 0.5) is 11.4 Å². The molecule has 15 heavy (non-hydrogen) atoms. The molecule has 0 radical (unpaired) electrons. The third-order valence-electron chi connectivity index (χ3n) is 2.71. The van der Waals surface area contributed by atoms with Crippen LogP contribution in [0.1, 0.15) is 18.4 Å². The van der Waals surface area contributed by atoms with Crippen molar-refractivity contribution < 1.29 is 4.79 Å². The molecule has 1 aromatic rings. The number of halogens is 1. The van der Waals surface area contributed by atoms with Crippen molar-refractivity contribution in [2.75, 3.05) is 17.2 Å². The van der Waals surface area contributed by atoms with Crippen LogP contribution in [0.2, 0.25) is 0 Å². The van der Waals surface area contributed by atoms with Crippen LogP contribution in [0.3, 0.4) is 0 Å². The fraction of sp³-hybridized carbons (Fsp3) is 0.364. The van der Waals surface area contributed by atoms with E-state index in [9.17, 15) is 4.79 Å². The van der Waals surface area contributed by atoms with Gasteiger partial charge in [-0.3, -0.25) is 4.79 Å². The molecule has 1 aliphatic rings. The summed E-state index contributed by atoms with van der Waals surface area (Å²) in [5.74, 6) is 0.207. The molecular weight excluding hydrogens is 212 g/mol. The predicted molar refractivity (Wildman–Crippen MR) is 64.4 cm³/mol. The molecular formula is C11H15ClN2O. The Hall–Kier alpha value is -1.22. The molecule has 1 fully saturated rings. The Bertz CT molecular complexity index is 379. The van der Waals surface area contributed by atoms with Crippen LogP contribution < -0.4 is 10.6 Å². The van der Waals surface area contributed by atoms with Gasteiger partial charge in [0.15, 0.2) is 0 Å². The summed E-state index contributed by atoms with van der Waals surface area (Å²) in [6.07, 6.45) is 1.61. The van der Waals surface area contributed by atoms with Crippen LogP contribution in [-0.2, 0) is 4.79 Å². The quantitative estimate of drug-likeness (QED) is 0.746. The highest BCUT2D eigenvalue weighted by Crippen LogP contribution is 2.28. The minimum Gasteiger partial charge on any atom is -0.398 e. The van der Waals surface area contributed by atoms with E-state index in [-0.39, 0.29) is 18.3 Å². The van der Waals surface area contributed by atoms with Gasteiger partial charge in [-0.15, -0.1) is 12.4 Å². The average Bonchev–Trinajstić information content (AvgIpc) is 2.57. The molecule has 4 heteroatoms. The predicted octanol–water partition coefficient (Wildman–Crippen LogP) is 2.13. The van der Waals surface area contributed by atoms with E-state index in [4.69, 9.17) is 5.73 Å². The number of carbonyl (C=O) groups excluding carboxylic acids is 1. The summed E-state index contributed by atoms with van der Waals surface area (Å²) in [5.41, 5.74) is 8.52. The summed E-state index contributed by atoms with van der Waals surface area (Å²) in [6, 6.07) is 5.71. The van der Waals surface area contributed by atoms with E-state index in [1.54, 1.807) is 0 Å². The Balaban J connectivity index is 0.00000112. The van der Waals surface area contributed by atoms with Crippen molar-refractivity contribution in [3.8, 4) is 0 Å². The summed E-state index contributed by atoms with van der Waals surface area (Å²) in [7, 11) is 0. The number of rotatable bonds is 1. The van der Waals surface area contributed by atoms with E-state index < -0.39 is 0 Å². The summed E-state index contributed by atoms with van der Waals surface area (Å²) < 4.78 is 0. The zero-order chi connectivity index (χ0) is 10.1. The van der Waals surface area contributed by atoms with Gasteiger partial charge in [0.2, 0.25) is 5.91 Å². The van der Waals surface area contributed by atoms with Crippen molar-refractivity contribution >= 4 is 29.7 Å². The van der Waals surface area contributed by atoms with E-state index in [1.165, 1.54) is 0 Å². The maximum atomic E-state index is 11.5. The minimum atomic E-state index is 0. The Morgan fingerprint density at radius 1 is 1.40 bits per heavy atom. The van der Waals surface area contributed by atoms with Crippen LogP contribution >= 0.6 is 12.4 Å². The maximum absolute atomic E-state index is 11.5. The van der Waals surface area contributed by atoms with Gasteiger partial charge in [-0.25, -0.2) is 0 Å². The molecule has 1 aliphatic heterocycles. The van der Waals surface area contributed by atoms with Gasteiger partial charge in [0.05, 0.1) is 0 Å². The van der Waals surface area contributed by atoms with E-state index in [0.29, 0.717) is 6.42 Å². The smallest absolute Gasteiger partial charge is 0.227 e. The molecule has 1 amide bonds. The second kappa shape index (κ2) is 4.53. The number of amides is 1. The van der Waals surface area contributed by atoms with Crippen LogP contribution in [0.25, 0.3) is 0 Å². The van der Waals surface area contributed by atoms with Crippen molar-refractivity contribution in [2.24, 2.45) is 0 Å². The largest absolute Gasteiger partial charge is 0.398 e. The van der Waals surface area contributed by atoms with Gasteiger partial charge in [-0.2, -0.15) is 0 Å². The Kier molecular flexibility index (Phi) is 3.58. The van der Waals surface area contributed by atoms with E-state index in [1.807, 2.05) is 30.0 Å². The lowest BCUT2D eigenvalue weighted by Gasteiger charge is -2.18. The molecule has 2 N–H and O–H groups in total. The maximum Gasteiger partial charge on any atom is 0.227 e. The van der Waals surface area contributed by atoms with E-state index >= 15 is 0 Å². The van der Waals surface area contributed by atoms with Crippen molar-refractivity contribution in [3.05, 3.63) is 23.8 Å². The molecule has 0 aliphatic carbocycles. The summed E-state index contributed by atoms with van der Waals surface area (Å²) in [6.45, 7) is 2.78. The summed E-state index contributed by atoms with van der Waals surface area (Å²) >= 11 is 0. The van der Waals surface area contributed by atoms with Crippen LogP contribution in [0.15, 0.2) is 18.2 Å². The number of benzene rings is 1. The van der Waals surface area contributed by atoms with Gasteiger partial charge in [0, 0.05) is 24.3 Å². The molecule has 2 rings (SSSR count). The van der Waals surface area contributed by atoms with Gasteiger partial charge < -0.3 is 10.6 Å². The number of hydrogen-bond acceptors (Lipinski definition) is 2. The van der Waals surface area contributed by atoms with Gasteiger partial charge in [-0.05, 0) is 31.0 Å². The first-order valence-corrected chi connectivity index (χ1v) is 4.85. The standard InChI is InChI=1S/C11H14N2O.ClH/c1-8-9(12)4-2-5-10(8)13-7-3-6-11(13)14;/h2,4-5H,3,6-7,12H2,1H3;1H. The molecule has 0 aromatic heterocycles. The zero-order valence-corrected chi connectivity index (χ0v) is 9.51. The van der Waals surface area contributed by atoms with Gasteiger partial charge in [0.25, 0.3) is 0 Å². The fourth-order valence-electron chi connectivity index (χ4n) is 1.84. The van der Waals surface area contributed by atoms with Crippen molar-refractivity contribution in [3.63, 3.8) is 0 Å². The summed E-state index contributed by atoms with van der Waals surface area (Å²) in [5, 5.41) is 0. The number of nitrogens with zero attached hydrogens (tertiary/aromatic N) is 1. The lowest BCUT2D eigenvalue weighted by atomic mass is 10.1. The molecule has 1 heterocycles. The first-order valence-electron chi connectivity index (χ1n) is 4.85. The first-order chi connectivity index (χ1) is 6.70. The highest BCUT2D eigenvalue weighted by atomic mass is 35.5. The van der Waals surface area contributed by atoms with E-state index in [0.717, 1.165) is 29.9 Å². The number of nitrogens with two attached hydrogens (primary N) is 1. The highest BCUT2D eigenvalue weighted by Gasteiger charge is 2.23. The Morgan fingerprint density at radius 3 is 2.73 bits per heavy atom. The Morgan fingerprint density at radius 2 is 2.13 bits per heavy atom. The lowest BCUT2D eigenvalue weighted by molar-refractivity contribution is -0.117. The second-order valence-electron chi connectivity index (χ2n) is 3.64. The van der Waals surface area contributed by atoms with Gasteiger partial charge >= 0.3 is 0 Å². The monoisotopic (exact) mass is 226 g/mol. The van der Waals surface area contributed by atoms with Crippen LogP contribution in [0.5, 0.6) is 0 Å². The molecule has 1 aromatic carbocycles. The molecule has 0 atom stereocenters. The number of hydrogen-bond donors (Lipinski definition) is 1. The molecule has 82 valence electrons. The zero-order valence-electron chi connectivity index (χ0n) is 8.69. The van der Waals surface area contributed by atoms with Crippen molar-refractivity contribution in [2.45, 2.75) is 19.8 Å². The van der Waals surface area contributed by atoms with Gasteiger partial charge in [0.1, 0.15) is 0 Å². The topological polar surface area (TPSA) is 46.3 Å². The molecule has 0 saturated carbocycles. The average molecular weight is 227 g/mol. The van der Waals surface area contributed by atoms with Crippen LogP contribution in [-0.4, -0.2) is 12.5 Å². The highest BCUT2D eigenvalue weighted by molar-refractivity contribution is 5.96.